The van der Waals surface area contributed by atoms with Crippen LogP contribution in [-0.2, 0) is 0 Å². The third-order valence-corrected chi connectivity index (χ3v) is 1.93. The normalized spacial score (nSPS) is 17.2. The largest absolute Gasteiger partial charge is 1.00 e. The second-order valence-corrected chi connectivity index (χ2v) is 2.43. The quantitative estimate of drug-likeness (QED) is 0.342. The van der Waals surface area contributed by atoms with Gasteiger partial charge in [0.25, 0.3) is 0 Å². The number of hydrogen-bond acceptors (Lipinski definition) is 1. The van der Waals surface area contributed by atoms with E-state index in [1.807, 2.05) is 13.8 Å². The first kappa shape index (κ1) is 10.7. The van der Waals surface area contributed by atoms with Crippen molar-refractivity contribution in [1.29, 1.82) is 0 Å². The fourth-order valence-electron chi connectivity index (χ4n) is 1.20. The molecule has 0 fully saturated rings. The van der Waals surface area contributed by atoms with E-state index in [9.17, 15) is 4.39 Å². The average molecular weight is 181 g/mol. The Morgan fingerprint density at radius 1 is 1.55 bits per heavy atom. The monoisotopic (exact) mass is 180 g/mol. The molecule has 1 aliphatic rings. The smallest absolute Gasteiger partial charge is 0.436 e. The molecule has 0 aromatic rings. The van der Waals surface area contributed by atoms with Gasteiger partial charge in [0.05, 0.1) is 13.1 Å². The molecular weight excluding hydrogens is 167 g/mol. The van der Waals surface area contributed by atoms with Gasteiger partial charge in [0, 0.05) is 0 Å². The molecule has 0 aliphatic carbocycles. The molecule has 0 aromatic carbocycles. The summed E-state index contributed by atoms with van der Waals surface area (Å²) in [5.41, 5.74) is 0. The van der Waals surface area contributed by atoms with Crippen molar-refractivity contribution in [3.63, 3.8) is 0 Å². The molecular formula is C7H14ClFN2. The molecule has 0 amide bonds. The minimum absolute atomic E-state index is 0. The van der Waals surface area contributed by atoms with Crippen molar-refractivity contribution in [1.82, 2.24) is 4.90 Å². The first-order valence-electron chi connectivity index (χ1n) is 3.82. The topological polar surface area (TPSA) is 6.25 Å². The highest BCUT2D eigenvalue weighted by molar-refractivity contribution is 5.68. The predicted octanol–water partition coefficient (Wildman–Crippen LogP) is -2.32. The standard InChI is InChI=1S/C7H14FN2.ClH/c1-3-9-5-6-10(4-2)7(9)8;/h3-6H2,1-2H3;1H/q+1;/p-1. The summed E-state index contributed by atoms with van der Waals surface area (Å²) in [6.07, 6.45) is -0.0509. The Kier molecular flexibility index (Phi) is 4.42. The van der Waals surface area contributed by atoms with E-state index in [-0.39, 0.29) is 18.5 Å². The highest BCUT2D eigenvalue weighted by Gasteiger charge is 2.27. The summed E-state index contributed by atoms with van der Waals surface area (Å²) in [5.74, 6) is 0. The van der Waals surface area contributed by atoms with Gasteiger partial charge in [-0.2, -0.15) is 0 Å². The maximum atomic E-state index is 13.0. The zero-order valence-electron chi connectivity index (χ0n) is 6.98. The van der Waals surface area contributed by atoms with Crippen LogP contribution in [0, 0.1) is 0 Å². The lowest BCUT2D eigenvalue weighted by atomic mass is 10.5. The second-order valence-electron chi connectivity index (χ2n) is 2.43. The Morgan fingerprint density at radius 3 is 2.45 bits per heavy atom. The van der Waals surface area contributed by atoms with Gasteiger partial charge in [0.15, 0.2) is 0 Å². The molecule has 0 spiro atoms. The molecule has 4 heteroatoms. The van der Waals surface area contributed by atoms with E-state index >= 15 is 0 Å². The molecule has 2 nitrogen and oxygen atoms in total. The zero-order chi connectivity index (χ0) is 7.56. The Balaban J connectivity index is 0.000001000. The molecule has 1 aliphatic heterocycles. The van der Waals surface area contributed by atoms with Crippen LogP contribution < -0.4 is 12.4 Å². The van der Waals surface area contributed by atoms with E-state index in [1.54, 1.807) is 9.48 Å². The van der Waals surface area contributed by atoms with Crippen LogP contribution in [0.1, 0.15) is 13.8 Å². The summed E-state index contributed by atoms with van der Waals surface area (Å²) >= 11 is 0. The fraction of sp³-hybridized carbons (Fsp3) is 0.857. The maximum absolute atomic E-state index is 13.0. The van der Waals surface area contributed by atoms with E-state index in [2.05, 4.69) is 0 Å². The number of amidine groups is 1. The third-order valence-electron chi connectivity index (χ3n) is 1.93. The number of nitrogens with zero attached hydrogens (tertiary/aromatic N) is 2. The van der Waals surface area contributed by atoms with Crippen LogP contribution in [0.15, 0.2) is 0 Å². The highest BCUT2D eigenvalue weighted by Crippen LogP contribution is 2.01. The van der Waals surface area contributed by atoms with E-state index in [1.165, 1.54) is 0 Å². The number of halogens is 2. The summed E-state index contributed by atoms with van der Waals surface area (Å²) in [4.78, 5) is 1.75. The lowest BCUT2D eigenvalue weighted by Crippen LogP contribution is -3.00. The lowest BCUT2D eigenvalue weighted by molar-refractivity contribution is -0.519. The van der Waals surface area contributed by atoms with Gasteiger partial charge in [-0.1, -0.05) is 0 Å². The van der Waals surface area contributed by atoms with Gasteiger partial charge in [-0.15, -0.1) is 4.39 Å². The molecule has 0 aromatic heterocycles. The first-order valence-corrected chi connectivity index (χ1v) is 3.82. The SMILES string of the molecule is CCN1CC[N+](CC)=C1F.[Cl-]. The van der Waals surface area contributed by atoms with Gasteiger partial charge in [-0.05, 0) is 13.8 Å². The van der Waals surface area contributed by atoms with Crippen molar-refractivity contribution in [3.05, 3.63) is 0 Å². The summed E-state index contributed by atoms with van der Waals surface area (Å²) < 4.78 is 14.8. The van der Waals surface area contributed by atoms with Crippen molar-refractivity contribution >= 4 is 6.09 Å². The minimum atomic E-state index is -0.0509. The summed E-state index contributed by atoms with van der Waals surface area (Å²) in [6, 6.07) is 0. The van der Waals surface area contributed by atoms with Crippen molar-refractivity contribution < 1.29 is 21.4 Å². The Bertz CT molecular complexity index is 159. The average Bonchev–Trinajstić information content (AvgIpc) is 2.30. The van der Waals surface area contributed by atoms with Crippen LogP contribution >= 0.6 is 0 Å². The van der Waals surface area contributed by atoms with Gasteiger partial charge in [0.2, 0.25) is 0 Å². The molecule has 1 heterocycles. The Hall–Kier alpha value is -0.310. The molecule has 0 radical (unpaired) electrons. The third kappa shape index (κ3) is 2.06. The van der Waals surface area contributed by atoms with E-state index in [4.69, 9.17) is 0 Å². The van der Waals surface area contributed by atoms with Gasteiger partial charge in [-0.25, -0.2) is 9.48 Å². The molecule has 1 rings (SSSR count). The lowest BCUT2D eigenvalue weighted by Gasteiger charge is -2.01. The van der Waals surface area contributed by atoms with Crippen molar-refractivity contribution in [2.75, 3.05) is 26.2 Å². The Morgan fingerprint density at radius 2 is 2.18 bits per heavy atom. The van der Waals surface area contributed by atoms with Gasteiger partial charge < -0.3 is 12.4 Å². The molecule has 0 atom stereocenters. The fourth-order valence-corrected chi connectivity index (χ4v) is 1.20. The molecule has 66 valence electrons. The van der Waals surface area contributed by atoms with Crippen molar-refractivity contribution in [2.24, 2.45) is 0 Å². The summed E-state index contributed by atoms with van der Waals surface area (Å²) in [6.45, 7) is 7.19. The highest BCUT2D eigenvalue weighted by atomic mass is 35.5. The van der Waals surface area contributed by atoms with Crippen LogP contribution in [0.3, 0.4) is 0 Å². The van der Waals surface area contributed by atoms with Crippen molar-refractivity contribution in [2.45, 2.75) is 13.8 Å². The maximum Gasteiger partial charge on any atom is 0.436 e. The predicted molar refractivity (Wildman–Crippen MR) is 39.0 cm³/mol. The first-order chi connectivity index (χ1) is 4.79. The van der Waals surface area contributed by atoms with Gasteiger partial charge in [0.1, 0.15) is 13.1 Å². The van der Waals surface area contributed by atoms with Crippen LogP contribution in [-0.4, -0.2) is 41.7 Å². The van der Waals surface area contributed by atoms with Gasteiger partial charge >= 0.3 is 6.09 Å². The zero-order valence-corrected chi connectivity index (χ0v) is 7.73. The second kappa shape index (κ2) is 4.54. The number of hydrogen-bond donors (Lipinski definition) is 0. The van der Waals surface area contributed by atoms with E-state index in [0.29, 0.717) is 0 Å². The van der Waals surface area contributed by atoms with Crippen LogP contribution in [0.4, 0.5) is 4.39 Å². The molecule has 0 saturated heterocycles. The summed E-state index contributed by atoms with van der Waals surface area (Å²) in [5, 5.41) is 0. The minimum Gasteiger partial charge on any atom is -1.00 e. The molecule has 11 heavy (non-hydrogen) atoms. The molecule has 0 unspecified atom stereocenters. The number of likely N-dealkylation sites (N-methyl/N-ethyl adjacent to an activating group) is 2. The van der Waals surface area contributed by atoms with Gasteiger partial charge in [-0.3, -0.25) is 0 Å². The van der Waals surface area contributed by atoms with Crippen LogP contribution in [0.25, 0.3) is 0 Å². The van der Waals surface area contributed by atoms with Crippen LogP contribution in [0.2, 0.25) is 0 Å². The van der Waals surface area contributed by atoms with E-state index < -0.39 is 0 Å². The molecule has 0 saturated carbocycles. The molecule has 0 N–H and O–H groups in total. The molecule has 0 bridgehead atoms. The van der Waals surface area contributed by atoms with Crippen LogP contribution in [0.5, 0.6) is 0 Å². The van der Waals surface area contributed by atoms with Crippen molar-refractivity contribution in [3.8, 4) is 0 Å². The summed E-state index contributed by atoms with van der Waals surface area (Å²) in [7, 11) is 0. The van der Waals surface area contributed by atoms with E-state index in [0.717, 1.165) is 26.2 Å². The number of rotatable bonds is 2. The Labute approximate surface area is 73.1 Å².